The molecule has 0 aliphatic rings. The van der Waals surface area contributed by atoms with Gasteiger partial charge in [0.2, 0.25) is 0 Å². The Bertz CT molecular complexity index is 1730. The van der Waals surface area contributed by atoms with Gasteiger partial charge in [0.25, 0.3) is 0 Å². The van der Waals surface area contributed by atoms with E-state index in [2.05, 4.69) is 113 Å². The highest BCUT2D eigenvalue weighted by Gasteiger charge is 2.18. The van der Waals surface area contributed by atoms with Crippen molar-refractivity contribution in [1.29, 1.82) is 0 Å². The number of H-pyrrole nitrogens is 1. The van der Waals surface area contributed by atoms with Crippen LogP contribution < -0.4 is 0 Å². The first-order valence-electron chi connectivity index (χ1n) is 11.3. The Kier molecular flexibility index (Phi) is 4.26. The van der Waals surface area contributed by atoms with Crippen LogP contribution in [0.2, 0.25) is 0 Å². The lowest BCUT2D eigenvalue weighted by Gasteiger charge is -2.08. The summed E-state index contributed by atoms with van der Waals surface area (Å²) in [6, 6.07) is 37.0. The second-order valence-electron chi connectivity index (χ2n) is 7.91. The number of aromatic amines is 1. The van der Waals surface area contributed by atoms with E-state index in [4.69, 9.17) is 0 Å². The summed E-state index contributed by atoms with van der Waals surface area (Å²) >= 11 is 0. The maximum Gasteiger partial charge on any atom is 0.0783 e. The zero-order chi connectivity index (χ0) is 21.7. The maximum absolute atomic E-state index is 3.72. The molecule has 0 atom stereocenters. The third-order valence-corrected chi connectivity index (χ3v) is 6.31. The smallest absolute Gasteiger partial charge is 0.0783 e. The number of para-hydroxylation sites is 2. The van der Waals surface area contributed by atoms with Gasteiger partial charge in [0.1, 0.15) is 0 Å². The molecule has 0 saturated carbocycles. The molecule has 2 nitrogen and oxygen atoms in total. The SMILES string of the molecule is CC.c1ccc(-n2c3ccc4ccccc4c3c3ccc4c5ccccc5[nH]c4c32)cc1. The van der Waals surface area contributed by atoms with Gasteiger partial charge in [0.15, 0.2) is 0 Å². The van der Waals surface area contributed by atoms with Crippen molar-refractivity contribution in [3.05, 3.63) is 103 Å². The molecule has 0 amide bonds. The van der Waals surface area contributed by atoms with Crippen molar-refractivity contribution >= 4 is 54.4 Å². The van der Waals surface area contributed by atoms with Gasteiger partial charge < -0.3 is 9.55 Å². The van der Waals surface area contributed by atoms with E-state index >= 15 is 0 Å². The fraction of sp³-hybridized carbons (Fsp3) is 0.0667. The number of benzene rings is 5. The van der Waals surface area contributed by atoms with E-state index in [9.17, 15) is 0 Å². The second-order valence-corrected chi connectivity index (χ2v) is 7.91. The van der Waals surface area contributed by atoms with Crippen LogP contribution in [0.1, 0.15) is 13.8 Å². The fourth-order valence-electron chi connectivity index (χ4n) is 5.03. The summed E-state index contributed by atoms with van der Waals surface area (Å²) in [4.78, 5) is 3.72. The Morgan fingerprint density at radius 2 is 1.25 bits per heavy atom. The van der Waals surface area contributed by atoms with Gasteiger partial charge in [-0.05, 0) is 35.0 Å². The molecular weight excluding hydrogens is 388 g/mol. The van der Waals surface area contributed by atoms with Gasteiger partial charge in [-0.3, -0.25) is 0 Å². The van der Waals surface area contributed by atoms with Crippen molar-refractivity contribution in [2.24, 2.45) is 0 Å². The first-order valence-corrected chi connectivity index (χ1v) is 11.3. The third-order valence-electron chi connectivity index (χ3n) is 6.31. The molecule has 2 aromatic heterocycles. The first kappa shape index (κ1) is 18.7. The summed E-state index contributed by atoms with van der Waals surface area (Å²) in [7, 11) is 0. The Morgan fingerprint density at radius 3 is 2.09 bits per heavy atom. The summed E-state index contributed by atoms with van der Waals surface area (Å²) in [6.07, 6.45) is 0. The van der Waals surface area contributed by atoms with Gasteiger partial charge in [-0.15, -0.1) is 0 Å². The Labute approximate surface area is 186 Å². The number of fused-ring (bicyclic) bond motifs is 9. The molecule has 5 aromatic carbocycles. The first-order chi connectivity index (χ1) is 15.9. The predicted molar refractivity (Wildman–Crippen MR) is 139 cm³/mol. The average Bonchev–Trinajstić information content (AvgIpc) is 3.42. The molecule has 0 bridgehead atoms. The Morgan fingerprint density at radius 1 is 0.562 bits per heavy atom. The zero-order valence-electron chi connectivity index (χ0n) is 18.3. The zero-order valence-corrected chi connectivity index (χ0v) is 18.3. The van der Waals surface area contributed by atoms with E-state index < -0.39 is 0 Å². The van der Waals surface area contributed by atoms with Crippen molar-refractivity contribution in [2.75, 3.05) is 0 Å². The number of nitrogens with zero attached hydrogens (tertiary/aromatic N) is 1. The molecule has 0 spiro atoms. The van der Waals surface area contributed by atoms with Crippen molar-refractivity contribution in [3.8, 4) is 5.69 Å². The highest BCUT2D eigenvalue weighted by Crippen LogP contribution is 2.41. The van der Waals surface area contributed by atoms with Crippen LogP contribution in [-0.4, -0.2) is 9.55 Å². The van der Waals surface area contributed by atoms with Gasteiger partial charge in [-0.25, -0.2) is 0 Å². The fourth-order valence-corrected chi connectivity index (χ4v) is 5.03. The lowest BCUT2D eigenvalue weighted by atomic mass is 10.0. The predicted octanol–water partition coefficient (Wildman–Crippen LogP) is 8.60. The molecule has 0 unspecified atom stereocenters. The molecule has 0 fully saturated rings. The molecule has 0 aliphatic carbocycles. The third kappa shape index (κ3) is 2.53. The van der Waals surface area contributed by atoms with Crippen LogP contribution >= 0.6 is 0 Å². The van der Waals surface area contributed by atoms with Gasteiger partial charge in [0.05, 0.1) is 16.6 Å². The summed E-state index contributed by atoms with van der Waals surface area (Å²) in [6.45, 7) is 4.00. The van der Waals surface area contributed by atoms with Gasteiger partial charge in [0, 0.05) is 32.7 Å². The van der Waals surface area contributed by atoms with Crippen molar-refractivity contribution < 1.29 is 0 Å². The quantitative estimate of drug-likeness (QED) is 0.279. The van der Waals surface area contributed by atoms with Gasteiger partial charge >= 0.3 is 0 Å². The van der Waals surface area contributed by atoms with E-state index in [0.29, 0.717) is 0 Å². The van der Waals surface area contributed by atoms with Crippen LogP contribution in [0.3, 0.4) is 0 Å². The van der Waals surface area contributed by atoms with Crippen molar-refractivity contribution in [2.45, 2.75) is 13.8 Å². The monoisotopic (exact) mass is 412 g/mol. The molecule has 7 rings (SSSR count). The standard InChI is InChI=1S/C28H18N2.C2H6/c1-2-9-19(10-3-1)30-25-17-14-18-8-4-5-11-20(18)26(25)23-16-15-22-21-12-6-7-13-24(21)29-27(22)28(23)30;1-2/h1-17,29H;1-2H3. The lowest BCUT2D eigenvalue weighted by molar-refractivity contribution is 1.18. The summed E-state index contributed by atoms with van der Waals surface area (Å²) in [5.41, 5.74) is 6.02. The molecule has 1 N–H and O–H groups in total. The minimum Gasteiger partial charge on any atom is -0.353 e. The number of nitrogens with one attached hydrogen (secondary N) is 1. The molecule has 7 aromatic rings. The molecule has 0 aliphatic heterocycles. The van der Waals surface area contributed by atoms with E-state index in [1.807, 2.05) is 13.8 Å². The Hall–Kier alpha value is -4.04. The maximum atomic E-state index is 3.72. The Balaban J connectivity index is 0.000000953. The molecule has 2 heteroatoms. The molecule has 2 heterocycles. The highest BCUT2D eigenvalue weighted by atomic mass is 15.0. The van der Waals surface area contributed by atoms with Crippen LogP contribution in [0.25, 0.3) is 60.1 Å². The second kappa shape index (κ2) is 7.28. The highest BCUT2D eigenvalue weighted by molar-refractivity contribution is 6.27. The molecular formula is C30H24N2. The number of hydrogen-bond donors (Lipinski definition) is 1. The van der Waals surface area contributed by atoms with E-state index in [0.717, 1.165) is 0 Å². The van der Waals surface area contributed by atoms with E-state index in [1.165, 1.54) is 60.1 Å². The van der Waals surface area contributed by atoms with Gasteiger partial charge in [-0.1, -0.05) is 92.7 Å². The lowest BCUT2D eigenvalue weighted by Crippen LogP contribution is -1.93. The van der Waals surface area contributed by atoms with Crippen molar-refractivity contribution in [1.82, 2.24) is 9.55 Å². The minimum absolute atomic E-state index is 1.18. The number of aromatic nitrogens is 2. The molecule has 32 heavy (non-hydrogen) atoms. The molecule has 154 valence electrons. The summed E-state index contributed by atoms with van der Waals surface area (Å²) in [5, 5.41) is 7.70. The van der Waals surface area contributed by atoms with Crippen LogP contribution in [0.15, 0.2) is 103 Å². The van der Waals surface area contributed by atoms with E-state index in [-0.39, 0.29) is 0 Å². The largest absolute Gasteiger partial charge is 0.353 e. The van der Waals surface area contributed by atoms with Crippen molar-refractivity contribution in [3.63, 3.8) is 0 Å². The summed E-state index contributed by atoms with van der Waals surface area (Å²) in [5.74, 6) is 0. The van der Waals surface area contributed by atoms with Gasteiger partial charge in [-0.2, -0.15) is 0 Å². The minimum atomic E-state index is 1.18. The number of rotatable bonds is 1. The summed E-state index contributed by atoms with van der Waals surface area (Å²) < 4.78 is 2.41. The van der Waals surface area contributed by atoms with Crippen LogP contribution in [0, 0.1) is 0 Å². The van der Waals surface area contributed by atoms with Crippen LogP contribution in [0.4, 0.5) is 0 Å². The molecule has 0 radical (unpaired) electrons. The average molecular weight is 413 g/mol. The van der Waals surface area contributed by atoms with Crippen LogP contribution in [-0.2, 0) is 0 Å². The normalized spacial score (nSPS) is 11.4. The van der Waals surface area contributed by atoms with Crippen LogP contribution in [0.5, 0.6) is 0 Å². The van der Waals surface area contributed by atoms with E-state index in [1.54, 1.807) is 0 Å². The number of hydrogen-bond acceptors (Lipinski definition) is 0. The molecule has 0 saturated heterocycles. The topological polar surface area (TPSA) is 20.7 Å².